The maximum absolute atomic E-state index is 12.9. The van der Waals surface area contributed by atoms with Crippen LogP contribution in [0.2, 0.25) is 0 Å². The number of methoxy groups -OCH3 is 2. The molecule has 3 heterocycles. The zero-order valence-corrected chi connectivity index (χ0v) is 18.1. The van der Waals surface area contributed by atoms with Gasteiger partial charge in [-0.15, -0.1) is 11.3 Å². The molecule has 1 aliphatic rings. The third-order valence-electron chi connectivity index (χ3n) is 5.14. The van der Waals surface area contributed by atoms with Crippen molar-refractivity contribution < 1.29 is 14.3 Å². The summed E-state index contributed by atoms with van der Waals surface area (Å²) in [6.45, 7) is 4.75. The van der Waals surface area contributed by atoms with Crippen molar-refractivity contribution in [1.29, 1.82) is 0 Å². The lowest BCUT2D eigenvalue weighted by Gasteiger charge is -2.35. The van der Waals surface area contributed by atoms with Crippen molar-refractivity contribution in [2.75, 3.05) is 45.3 Å². The predicted molar refractivity (Wildman–Crippen MR) is 118 cm³/mol. The molecule has 8 heteroatoms. The number of piperazine rings is 1. The van der Waals surface area contributed by atoms with Crippen LogP contribution in [0.25, 0.3) is 10.6 Å². The van der Waals surface area contributed by atoms with Gasteiger partial charge in [0.2, 0.25) is 0 Å². The molecule has 7 nitrogen and oxygen atoms in total. The second kappa shape index (κ2) is 8.71. The third kappa shape index (κ3) is 4.09. The van der Waals surface area contributed by atoms with E-state index in [1.165, 1.54) is 0 Å². The van der Waals surface area contributed by atoms with E-state index >= 15 is 0 Å². The van der Waals surface area contributed by atoms with Crippen molar-refractivity contribution in [3.8, 4) is 22.1 Å². The zero-order valence-electron chi connectivity index (χ0n) is 17.3. The lowest BCUT2D eigenvalue weighted by molar-refractivity contribution is 0.0746. The number of nitrogens with zero attached hydrogens (tertiary/aromatic N) is 4. The molecule has 0 N–H and O–H groups in total. The zero-order chi connectivity index (χ0) is 21.1. The summed E-state index contributed by atoms with van der Waals surface area (Å²) in [6.07, 6.45) is 1.87. The number of carbonyl (C=O) groups is 1. The predicted octanol–water partition coefficient (Wildman–Crippen LogP) is 3.49. The number of thiazole rings is 1. The number of aromatic nitrogens is 2. The Morgan fingerprint density at radius 3 is 2.40 bits per heavy atom. The Labute approximate surface area is 179 Å². The van der Waals surface area contributed by atoms with Crippen LogP contribution in [0, 0.1) is 6.92 Å². The van der Waals surface area contributed by atoms with Crippen LogP contribution in [0.5, 0.6) is 11.5 Å². The van der Waals surface area contributed by atoms with Crippen LogP contribution in [0.1, 0.15) is 16.1 Å². The Balaban J connectivity index is 1.39. The topological polar surface area (TPSA) is 67.8 Å². The quantitative estimate of drug-likeness (QED) is 0.625. The number of ether oxygens (including phenoxy) is 2. The monoisotopic (exact) mass is 424 g/mol. The van der Waals surface area contributed by atoms with Crippen LogP contribution in [0.15, 0.2) is 41.9 Å². The molecule has 0 unspecified atom stereocenters. The van der Waals surface area contributed by atoms with Crippen LogP contribution in [0.4, 0.5) is 5.82 Å². The minimum absolute atomic E-state index is 0.00181. The van der Waals surface area contributed by atoms with Gasteiger partial charge in [-0.3, -0.25) is 4.79 Å². The summed E-state index contributed by atoms with van der Waals surface area (Å²) in [6, 6.07) is 9.35. The van der Waals surface area contributed by atoms with Crippen LogP contribution >= 0.6 is 11.3 Å². The van der Waals surface area contributed by atoms with Gasteiger partial charge in [-0.25, -0.2) is 9.97 Å². The molecule has 1 fully saturated rings. The number of anilines is 1. The van der Waals surface area contributed by atoms with Crippen molar-refractivity contribution in [2.24, 2.45) is 0 Å². The van der Waals surface area contributed by atoms with Crippen molar-refractivity contribution in [2.45, 2.75) is 6.92 Å². The first kappa shape index (κ1) is 20.2. The smallest absolute Gasteiger partial charge is 0.254 e. The Morgan fingerprint density at radius 2 is 1.80 bits per heavy atom. The van der Waals surface area contributed by atoms with E-state index in [0.29, 0.717) is 30.2 Å². The summed E-state index contributed by atoms with van der Waals surface area (Å²) in [5, 5.41) is 3.02. The van der Waals surface area contributed by atoms with Gasteiger partial charge in [-0.1, -0.05) is 0 Å². The van der Waals surface area contributed by atoms with Gasteiger partial charge in [0.1, 0.15) is 10.8 Å². The summed E-state index contributed by atoms with van der Waals surface area (Å²) in [7, 11) is 3.15. The Morgan fingerprint density at radius 1 is 1.03 bits per heavy atom. The van der Waals surface area contributed by atoms with Gasteiger partial charge in [-0.2, -0.15) is 0 Å². The highest BCUT2D eigenvalue weighted by atomic mass is 32.1. The molecule has 0 bridgehead atoms. The van der Waals surface area contributed by atoms with Crippen molar-refractivity contribution in [1.82, 2.24) is 14.9 Å². The van der Waals surface area contributed by atoms with E-state index in [0.717, 1.165) is 35.2 Å². The minimum atomic E-state index is -0.00181. The molecule has 4 rings (SSSR count). The molecule has 0 radical (unpaired) electrons. The van der Waals surface area contributed by atoms with Gasteiger partial charge >= 0.3 is 0 Å². The fourth-order valence-electron chi connectivity index (χ4n) is 3.48. The normalized spacial score (nSPS) is 14.0. The SMILES string of the molecule is COc1ccc(C(=O)N2CCN(c3ccc(-c4nc(C)cs4)cn3)CC2)cc1OC. The maximum Gasteiger partial charge on any atom is 0.254 e. The number of hydrogen-bond donors (Lipinski definition) is 0. The highest BCUT2D eigenvalue weighted by Crippen LogP contribution is 2.28. The number of carbonyl (C=O) groups excluding carboxylic acids is 1. The third-order valence-corrected chi connectivity index (χ3v) is 6.14. The van der Waals surface area contributed by atoms with E-state index in [2.05, 4.69) is 20.9 Å². The highest BCUT2D eigenvalue weighted by Gasteiger charge is 2.23. The van der Waals surface area contributed by atoms with E-state index < -0.39 is 0 Å². The lowest BCUT2D eigenvalue weighted by Crippen LogP contribution is -2.49. The number of benzene rings is 1. The molecule has 30 heavy (non-hydrogen) atoms. The van der Waals surface area contributed by atoms with E-state index in [4.69, 9.17) is 9.47 Å². The molecule has 3 aromatic rings. The second-order valence-electron chi connectivity index (χ2n) is 7.05. The summed E-state index contributed by atoms with van der Waals surface area (Å²) >= 11 is 1.62. The maximum atomic E-state index is 12.9. The van der Waals surface area contributed by atoms with Crippen LogP contribution < -0.4 is 14.4 Å². The van der Waals surface area contributed by atoms with Crippen LogP contribution in [-0.4, -0.2) is 61.2 Å². The Bertz CT molecular complexity index is 1030. The van der Waals surface area contributed by atoms with E-state index in [1.54, 1.807) is 43.8 Å². The van der Waals surface area contributed by atoms with Gasteiger partial charge in [0, 0.05) is 54.6 Å². The van der Waals surface area contributed by atoms with Gasteiger partial charge < -0.3 is 19.3 Å². The Kier molecular flexibility index (Phi) is 5.85. The molecule has 1 aromatic carbocycles. The average Bonchev–Trinajstić information content (AvgIpc) is 3.24. The molecular weight excluding hydrogens is 400 g/mol. The molecular formula is C22H24N4O3S. The molecule has 1 aliphatic heterocycles. The molecule has 1 amide bonds. The number of pyridine rings is 1. The van der Waals surface area contributed by atoms with E-state index in [-0.39, 0.29) is 5.91 Å². The summed E-state index contributed by atoms with van der Waals surface area (Å²) in [5.74, 6) is 2.09. The average molecular weight is 425 g/mol. The molecule has 0 spiro atoms. The number of hydrogen-bond acceptors (Lipinski definition) is 7. The van der Waals surface area contributed by atoms with E-state index in [9.17, 15) is 4.79 Å². The fraction of sp³-hybridized carbons (Fsp3) is 0.318. The summed E-state index contributed by atoms with van der Waals surface area (Å²) < 4.78 is 10.6. The second-order valence-corrected chi connectivity index (χ2v) is 7.91. The van der Waals surface area contributed by atoms with Crippen LogP contribution in [-0.2, 0) is 0 Å². The van der Waals surface area contributed by atoms with E-state index in [1.807, 2.05) is 29.5 Å². The summed E-state index contributed by atoms with van der Waals surface area (Å²) in [5.41, 5.74) is 2.65. The Hall–Kier alpha value is -3.13. The first-order valence-electron chi connectivity index (χ1n) is 9.74. The molecule has 0 aliphatic carbocycles. The summed E-state index contributed by atoms with van der Waals surface area (Å²) in [4.78, 5) is 26.1. The number of rotatable bonds is 5. The highest BCUT2D eigenvalue weighted by molar-refractivity contribution is 7.13. The number of amides is 1. The minimum Gasteiger partial charge on any atom is -0.493 e. The molecule has 0 atom stereocenters. The lowest BCUT2D eigenvalue weighted by atomic mass is 10.1. The molecule has 0 saturated carbocycles. The fourth-order valence-corrected chi connectivity index (χ4v) is 4.27. The van der Waals surface area contributed by atoms with Gasteiger partial charge in [0.05, 0.1) is 14.2 Å². The molecule has 156 valence electrons. The van der Waals surface area contributed by atoms with Gasteiger partial charge in [0.25, 0.3) is 5.91 Å². The van der Waals surface area contributed by atoms with Crippen LogP contribution in [0.3, 0.4) is 0 Å². The standard InChI is InChI=1S/C22H24N4O3S/c1-15-14-30-21(24-15)17-5-7-20(23-13-17)25-8-10-26(11-9-25)22(27)16-4-6-18(28-2)19(12-16)29-3/h4-7,12-14H,8-11H2,1-3H3. The first-order valence-corrected chi connectivity index (χ1v) is 10.6. The largest absolute Gasteiger partial charge is 0.493 e. The van der Waals surface area contributed by atoms with Crippen molar-refractivity contribution in [3.63, 3.8) is 0 Å². The van der Waals surface area contributed by atoms with Crippen molar-refractivity contribution in [3.05, 3.63) is 53.2 Å². The van der Waals surface area contributed by atoms with Gasteiger partial charge in [0.15, 0.2) is 11.5 Å². The number of aryl methyl sites for hydroxylation is 1. The molecule has 1 saturated heterocycles. The molecule has 2 aromatic heterocycles. The van der Waals surface area contributed by atoms with Crippen molar-refractivity contribution >= 4 is 23.1 Å². The van der Waals surface area contributed by atoms with Gasteiger partial charge in [-0.05, 0) is 37.3 Å². The first-order chi connectivity index (χ1) is 14.6.